The van der Waals surface area contributed by atoms with Crippen molar-refractivity contribution in [2.24, 2.45) is 5.10 Å². The average Bonchev–Trinajstić information content (AvgIpc) is 3.50. The van der Waals surface area contributed by atoms with E-state index in [1.165, 1.54) is 23.9 Å². The molecule has 0 fully saturated rings. The Morgan fingerprint density at radius 2 is 1.83 bits per heavy atom. The molecule has 5 nitrogen and oxygen atoms in total. The van der Waals surface area contributed by atoms with E-state index in [0.29, 0.717) is 6.42 Å². The number of nitrogens with zero attached hydrogens (tertiary/aromatic N) is 3. The number of carbonyl (C=O) groups excluding carboxylic acids is 1. The molecule has 1 aliphatic heterocycles. The summed E-state index contributed by atoms with van der Waals surface area (Å²) in [7, 11) is 1.63. The van der Waals surface area contributed by atoms with Gasteiger partial charge < -0.3 is 9.30 Å². The van der Waals surface area contributed by atoms with Crippen LogP contribution in [0.5, 0.6) is 5.75 Å². The maximum atomic E-state index is 13.6. The van der Waals surface area contributed by atoms with Crippen LogP contribution in [0.2, 0.25) is 0 Å². The topological polar surface area (TPSA) is 46.8 Å². The van der Waals surface area contributed by atoms with Crippen molar-refractivity contribution in [3.8, 4) is 5.75 Å². The minimum absolute atomic E-state index is 0.0823. The number of halogens is 1. The Bertz CT molecular complexity index is 1380. The lowest BCUT2D eigenvalue weighted by molar-refractivity contribution is -0.130. The van der Waals surface area contributed by atoms with E-state index in [2.05, 4.69) is 29.8 Å². The van der Waals surface area contributed by atoms with Crippen LogP contribution in [0.25, 0.3) is 10.9 Å². The SMILES string of the molecule is CCn1cc(SCC(=O)N2N=C(c3ccc(OC)cc3)CC2c2ccc(F)cc2)c2ccccc21. The molecule has 1 aliphatic rings. The molecule has 1 aromatic heterocycles. The molecule has 1 atom stereocenters. The highest BCUT2D eigenvalue weighted by Crippen LogP contribution is 2.35. The number of aryl methyl sites for hydroxylation is 1. The molecule has 7 heteroatoms. The molecular weight excluding hydrogens is 461 g/mol. The van der Waals surface area contributed by atoms with Gasteiger partial charge in [-0.05, 0) is 60.5 Å². The minimum atomic E-state index is -0.302. The first kappa shape index (κ1) is 23.2. The number of ether oxygens (including phenoxy) is 1. The van der Waals surface area contributed by atoms with Gasteiger partial charge in [0.05, 0.1) is 24.6 Å². The van der Waals surface area contributed by atoms with Crippen molar-refractivity contribution in [2.45, 2.75) is 30.8 Å². The fraction of sp³-hybridized carbons (Fsp3) is 0.214. The van der Waals surface area contributed by atoms with Gasteiger partial charge in [-0.1, -0.05) is 30.3 Å². The molecule has 1 unspecified atom stereocenters. The molecule has 0 saturated heterocycles. The van der Waals surface area contributed by atoms with Crippen LogP contribution in [0.4, 0.5) is 4.39 Å². The van der Waals surface area contributed by atoms with Crippen LogP contribution in [0.15, 0.2) is 89.0 Å². The van der Waals surface area contributed by atoms with Gasteiger partial charge >= 0.3 is 0 Å². The van der Waals surface area contributed by atoms with E-state index < -0.39 is 0 Å². The molecule has 0 saturated carbocycles. The Morgan fingerprint density at radius 3 is 2.54 bits per heavy atom. The Balaban J connectivity index is 1.41. The van der Waals surface area contributed by atoms with Crippen molar-refractivity contribution in [3.63, 3.8) is 0 Å². The molecule has 2 heterocycles. The molecule has 4 aromatic rings. The highest BCUT2D eigenvalue weighted by molar-refractivity contribution is 8.00. The molecule has 5 rings (SSSR count). The van der Waals surface area contributed by atoms with Crippen molar-refractivity contribution >= 4 is 34.3 Å². The first-order valence-corrected chi connectivity index (χ1v) is 12.6. The highest BCUT2D eigenvalue weighted by atomic mass is 32.2. The lowest BCUT2D eigenvalue weighted by Crippen LogP contribution is -2.28. The number of carbonyl (C=O) groups is 1. The van der Waals surface area contributed by atoms with Crippen molar-refractivity contribution in [3.05, 3.63) is 95.9 Å². The quantitative estimate of drug-likeness (QED) is 0.288. The number of fused-ring (bicyclic) bond motifs is 1. The fourth-order valence-corrected chi connectivity index (χ4v) is 5.38. The van der Waals surface area contributed by atoms with E-state index in [4.69, 9.17) is 9.84 Å². The summed E-state index contributed by atoms with van der Waals surface area (Å²) in [4.78, 5) is 14.5. The number of hydrogen-bond acceptors (Lipinski definition) is 4. The molecule has 0 N–H and O–H groups in total. The summed E-state index contributed by atoms with van der Waals surface area (Å²) in [6.07, 6.45) is 2.67. The number of para-hydroxylation sites is 1. The summed E-state index contributed by atoms with van der Waals surface area (Å²) in [5.41, 5.74) is 3.78. The third-order valence-electron chi connectivity index (χ3n) is 6.29. The van der Waals surface area contributed by atoms with Crippen LogP contribution in [0.3, 0.4) is 0 Å². The van der Waals surface area contributed by atoms with Gasteiger partial charge in [0.2, 0.25) is 0 Å². The highest BCUT2D eigenvalue weighted by Gasteiger charge is 2.33. The largest absolute Gasteiger partial charge is 0.497 e. The van der Waals surface area contributed by atoms with Gasteiger partial charge in [0.15, 0.2) is 0 Å². The lowest BCUT2D eigenvalue weighted by Gasteiger charge is -2.22. The second-order valence-electron chi connectivity index (χ2n) is 8.37. The first-order valence-electron chi connectivity index (χ1n) is 11.6. The number of aromatic nitrogens is 1. The van der Waals surface area contributed by atoms with Gasteiger partial charge in [-0.15, -0.1) is 11.8 Å². The van der Waals surface area contributed by atoms with Crippen LogP contribution in [-0.4, -0.2) is 34.1 Å². The first-order chi connectivity index (χ1) is 17.1. The van der Waals surface area contributed by atoms with Crippen LogP contribution in [0.1, 0.15) is 30.5 Å². The summed E-state index contributed by atoms with van der Waals surface area (Å²) in [5.74, 6) is 0.636. The van der Waals surface area contributed by atoms with Gasteiger partial charge in [-0.25, -0.2) is 9.40 Å². The summed E-state index contributed by atoms with van der Waals surface area (Å²) in [5, 5.41) is 7.45. The predicted molar refractivity (Wildman–Crippen MR) is 138 cm³/mol. The summed E-state index contributed by atoms with van der Waals surface area (Å²) in [6.45, 7) is 2.97. The Hall–Kier alpha value is -3.58. The monoisotopic (exact) mass is 487 g/mol. The Kier molecular flexibility index (Phi) is 6.59. The van der Waals surface area contributed by atoms with Crippen molar-refractivity contribution in [1.29, 1.82) is 0 Å². The number of benzene rings is 3. The van der Waals surface area contributed by atoms with Gasteiger partial charge in [-0.3, -0.25) is 4.79 Å². The van der Waals surface area contributed by atoms with Crippen LogP contribution >= 0.6 is 11.8 Å². The predicted octanol–water partition coefficient (Wildman–Crippen LogP) is 6.28. The second-order valence-corrected chi connectivity index (χ2v) is 9.39. The fourth-order valence-electron chi connectivity index (χ4n) is 4.44. The number of hydrogen-bond donors (Lipinski definition) is 0. The Morgan fingerprint density at radius 1 is 1.09 bits per heavy atom. The summed E-state index contributed by atoms with van der Waals surface area (Å²) in [6, 6.07) is 21.9. The van der Waals surface area contributed by atoms with Crippen LogP contribution in [0, 0.1) is 5.82 Å². The van der Waals surface area contributed by atoms with Crippen LogP contribution in [-0.2, 0) is 11.3 Å². The zero-order chi connectivity index (χ0) is 24.4. The minimum Gasteiger partial charge on any atom is -0.497 e. The van der Waals surface area contributed by atoms with Crippen molar-refractivity contribution in [1.82, 2.24) is 9.58 Å². The molecule has 3 aromatic carbocycles. The molecule has 178 valence electrons. The second kappa shape index (κ2) is 9.96. The van der Waals surface area contributed by atoms with Crippen molar-refractivity contribution < 1.29 is 13.9 Å². The maximum absolute atomic E-state index is 13.6. The number of amides is 1. The van der Waals surface area contributed by atoms with Crippen LogP contribution < -0.4 is 4.74 Å². The molecule has 35 heavy (non-hydrogen) atoms. The summed E-state index contributed by atoms with van der Waals surface area (Å²) >= 11 is 1.52. The van der Waals surface area contributed by atoms with E-state index in [1.54, 1.807) is 24.3 Å². The molecule has 1 amide bonds. The summed E-state index contributed by atoms with van der Waals surface area (Å²) < 4.78 is 21.0. The van der Waals surface area contributed by atoms with E-state index in [0.717, 1.165) is 44.9 Å². The molecule has 0 aliphatic carbocycles. The van der Waals surface area contributed by atoms with E-state index >= 15 is 0 Å². The number of rotatable bonds is 7. The third kappa shape index (κ3) is 4.68. The number of hydrazone groups is 1. The molecule has 0 radical (unpaired) electrons. The lowest BCUT2D eigenvalue weighted by atomic mass is 9.98. The normalized spacial score (nSPS) is 15.5. The maximum Gasteiger partial charge on any atom is 0.253 e. The standard InChI is InChI=1S/C28H26FN3O2S/c1-3-31-17-27(23-6-4-5-7-25(23)31)35-18-28(33)32-26(20-8-12-21(29)13-9-20)16-24(30-32)19-10-14-22(34-2)15-11-19/h4-15,17,26H,3,16,18H2,1-2H3. The van der Waals surface area contributed by atoms with Crippen molar-refractivity contribution in [2.75, 3.05) is 12.9 Å². The zero-order valence-corrected chi connectivity index (χ0v) is 20.5. The third-order valence-corrected chi connectivity index (χ3v) is 7.32. The smallest absolute Gasteiger partial charge is 0.253 e. The molecular formula is C28H26FN3O2S. The van der Waals surface area contributed by atoms with E-state index in [-0.39, 0.29) is 23.5 Å². The zero-order valence-electron chi connectivity index (χ0n) is 19.6. The molecule has 0 bridgehead atoms. The average molecular weight is 488 g/mol. The number of thioether (sulfide) groups is 1. The van der Waals surface area contributed by atoms with Gasteiger partial charge in [-0.2, -0.15) is 5.10 Å². The van der Waals surface area contributed by atoms with Gasteiger partial charge in [0.1, 0.15) is 11.6 Å². The molecule has 0 spiro atoms. The van der Waals surface area contributed by atoms with Gasteiger partial charge in [0.25, 0.3) is 5.91 Å². The van der Waals surface area contributed by atoms with E-state index in [9.17, 15) is 9.18 Å². The van der Waals surface area contributed by atoms with E-state index in [1.807, 2.05) is 36.4 Å². The Labute approximate surface area is 208 Å². The number of methoxy groups -OCH3 is 1. The van der Waals surface area contributed by atoms with Gasteiger partial charge in [0, 0.05) is 35.0 Å².